The second-order valence-corrected chi connectivity index (χ2v) is 4.31. The van der Waals surface area contributed by atoms with Crippen LogP contribution >= 0.6 is 0 Å². The molecule has 0 bridgehead atoms. The topological polar surface area (TPSA) is 21.3 Å². The van der Waals surface area contributed by atoms with Crippen LogP contribution in [0.25, 0.3) is 0 Å². The largest absolute Gasteiger partial charge is 0.380 e. The van der Waals surface area contributed by atoms with Gasteiger partial charge in [0.2, 0.25) is 0 Å². The van der Waals surface area contributed by atoms with Crippen LogP contribution in [0.3, 0.4) is 0 Å². The molecule has 0 spiro atoms. The van der Waals surface area contributed by atoms with E-state index in [9.17, 15) is 0 Å². The van der Waals surface area contributed by atoms with Crippen molar-refractivity contribution in [3.05, 3.63) is 35.9 Å². The summed E-state index contributed by atoms with van der Waals surface area (Å²) in [6, 6.07) is 10.5. The molecule has 0 heterocycles. The molecule has 1 aromatic rings. The molecule has 0 radical (unpaired) electrons. The van der Waals surface area contributed by atoms with Gasteiger partial charge in [0.15, 0.2) is 0 Å². The Labute approximate surface area is 105 Å². The van der Waals surface area contributed by atoms with Crippen molar-refractivity contribution in [2.45, 2.75) is 32.6 Å². The lowest BCUT2D eigenvalue weighted by Gasteiger charge is -2.06. The van der Waals surface area contributed by atoms with Crippen molar-refractivity contribution < 1.29 is 4.74 Å². The van der Waals surface area contributed by atoms with E-state index in [0.717, 1.165) is 32.7 Å². The van der Waals surface area contributed by atoms with Crippen LogP contribution in [-0.2, 0) is 11.2 Å². The SMILES string of the molecule is CCCCCNCCOCCc1ccccc1. The number of nitrogens with one attached hydrogen (secondary N) is 1. The number of rotatable bonds is 10. The number of hydrogen-bond acceptors (Lipinski definition) is 2. The Bertz CT molecular complexity index is 261. The van der Waals surface area contributed by atoms with Gasteiger partial charge in [-0.05, 0) is 24.9 Å². The highest BCUT2D eigenvalue weighted by Crippen LogP contribution is 1.99. The van der Waals surface area contributed by atoms with Gasteiger partial charge in [0.1, 0.15) is 0 Å². The number of unbranched alkanes of at least 4 members (excludes halogenated alkanes) is 2. The summed E-state index contributed by atoms with van der Waals surface area (Å²) < 4.78 is 5.58. The van der Waals surface area contributed by atoms with Crippen LogP contribution in [0.15, 0.2) is 30.3 Å². The van der Waals surface area contributed by atoms with E-state index in [-0.39, 0.29) is 0 Å². The van der Waals surface area contributed by atoms with Gasteiger partial charge < -0.3 is 10.1 Å². The smallest absolute Gasteiger partial charge is 0.0591 e. The minimum absolute atomic E-state index is 0.818. The van der Waals surface area contributed by atoms with Gasteiger partial charge >= 0.3 is 0 Å². The van der Waals surface area contributed by atoms with E-state index in [4.69, 9.17) is 4.74 Å². The molecule has 0 aliphatic heterocycles. The molecule has 0 aromatic heterocycles. The molecule has 0 aliphatic rings. The summed E-state index contributed by atoms with van der Waals surface area (Å²) in [4.78, 5) is 0. The zero-order chi connectivity index (χ0) is 12.2. The molecule has 0 unspecified atom stereocenters. The zero-order valence-electron chi connectivity index (χ0n) is 11.0. The van der Waals surface area contributed by atoms with E-state index >= 15 is 0 Å². The Kier molecular flexibility index (Phi) is 8.61. The maximum absolute atomic E-state index is 5.58. The first-order chi connectivity index (χ1) is 8.43. The van der Waals surface area contributed by atoms with Crippen LogP contribution in [0.5, 0.6) is 0 Å². The Morgan fingerprint density at radius 3 is 2.59 bits per heavy atom. The predicted octanol–water partition coefficient (Wildman–Crippen LogP) is 3.03. The van der Waals surface area contributed by atoms with E-state index in [2.05, 4.69) is 36.5 Å². The summed E-state index contributed by atoms with van der Waals surface area (Å²) >= 11 is 0. The van der Waals surface area contributed by atoms with E-state index in [1.165, 1.54) is 24.8 Å². The standard InChI is InChI=1S/C15H25NO/c1-2-3-7-11-16-12-14-17-13-10-15-8-5-4-6-9-15/h4-6,8-9,16H,2-3,7,10-14H2,1H3. The van der Waals surface area contributed by atoms with Crippen LogP contribution in [0.2, 0.25) is 0 Å². The lowest BCUT2D eigenvalue weighted by Crippen LogP contribution is -2.21. The Morgan fingerprint density at radius 1 is 1.00 bits per heavy atom. The fraction of sp³-hybridized carbons (Fsp3) is 0.600. The first-order valence-electron chi connectivity index (χ1n) is 6.76. The van der Waals surface area contributed by atoms with E-state index < -0.39 is 0 Å². The second kappa shape index (κ2) is 10.3. The maximum atomic E-state index is 5.58. The van der Waals surface area contributed by atoms with Crippen molar-refractivity contribution in [2.75, 3.05) is 26.3 Å². The summed E-state index contributed by atoms with van der Waals surface area (Å²) in [6.07, 6.45) is 4.90. The molecule has 0 saturated carbocycles. The first kappa shape index (κ1) is 14.2. The van der Waals surface area contributed by atoms with Crippen molar-refractivity contribution in [2.24, 2.45) is 0 Å². The Hall–Kier alpha value is -0.860. The van der Waals surface area contributed by atoms with Crippen LogP contribution in [0, 0.1) is 0 Å². The number of benzene rings is 1. The van der Waals surface area contributed by atoms with Crippen molar-refractivity contribution in [1.82, 2.24) is 5.32 Å². The van der Waals surface area contributed by atoms with Crippen molar-refractivity contribution in [3.8, 4) is 0 Å². The molecule has 17 heavy (non-hydrogen) atoms. The third-order valence-electron chi connectivity index (χ3n) is 2.76. The molecule has 2 nitrogen and oxygen atoms in total. The molecule has 2 heteroatoms. The number of ether oxygens (including phenoxy) is 1. The Morgan fingerprint density at radius 2 is 1.82 bits per heavy atom. The molecule has 1 N–H and O–H groups in total. The summed E-state index contributed by atoms with van der Waals surface area (Å²) in [5, 5.41) is 3.39. The minimum atomic E-state index is 0.818. The quantitative estimate of drug-likeness (QED) is 0.629. The molecule has 0 atom stereocenters. The highest BCUT2D eigenvalue weighted by atomic mass is 16.5. The van der Waals surface area contributed by atoms with E-state index in [0.29, 0.717) is 0 Å². The van der Waals surface area contributed by atoms with Gasteiger partial charge in [-0.25, -0.2) is 0 Å². The van der Waals surface area contributed by atoms with Gasteiger partial charge in [-0.15, -0.1) is 0 Å². The van der Waals surface area contributed by atoms with Gasteiger partial charge in [0.05, 0.1) is 13.2 Å². The monoisotopic (exact) mass is 235 g/mol. The fourth-order valence-electron chi connectivity index (χ4n) is 1.71. The summed E-state index contributed by atoms with van der Waals surface area (Å²) in [5.41, 5.74) is 1.35. The maximum Gasteiger partial charge on any atom is 0.0591 e. The van der Waals surface area contributed by atoms with Gasteiger partial charge in [0.25, 0.3) is 0 Å². The third kappa shape index (κ3) is 7.94. The molecule has 0 amide bonds. The highest BCUT2D eigenvalue weighted by Gasteiger charge is 1.92. The Balaban J connectivity index is 1.85. The van der Waals surface area contributed by atoms with Crippen LogP contribution in [0.1, 0.15) is 31.7 Å². The normalized spacial score (nSPS) is 10.6. The lowest BCUT2D eigenvalue weighted by molar-refractivity contribution is 0.139. The van der Waals surface area contributed by atoms with Crippen molar-refractivity contribution >= 4 is 0 Å². The average Bonchev–Trinajstić information content (AvgIpc) is 2.38. The molecule has 0 saturated heterocycles. The lowest BCUT2D eigenvalue weighted by atomic mass is 10.2. The zero-order valence-corrected chi connectivity index (χ0v) is 11.0. The molecule has 1 aromatic carbocycles. The summed E-state index contributed by atoms with van der Waals surface area (Å²) in [5.74, 6) is 0. The summed E-state index contributed by atoms with van der Waals surface area (Å²) in [6.45, 7) is 5.96. The van der Waals surface area contributed by atoms with Crippen LogP contribution < -0.4 is 5.32 Å². The second-order valence-electron chi connectivity index (χ2n) is 4.31. The van der Waals surface area contributed by atoms with Gasteiger partial charge in [-0.3, -0.25) is 0 Å². The third-order valence-corrected chi connectivity index (χ3v) is 2.76. The molecule has 96 valence electrons. The fourth-order valence-corrected chi connectivity index (χ4v) is 1.71. The van der Waals surface area contributed by atoms with Crippen molar-refractivity contribution in [1.29, 1.82) is 0 Å². The molecule has 0 fully saturated rings. The van der Waals surface area contributed by atoms with E-state index in [1.807, 2.05) is 6.07 Å². The molecule has 1 rings (SSSR count). The number of hydrogen-bond donors (Lipinski definition) is 1. The summed E-state index contributed by atoms with van der Waals surface area (Å²) in [7, 11) is 0. The van der Waals surface area contributed by atoms with Gasteiger partial charge in [-0.2, -0.15) is 0 Å². The minimum Gasteiger partial charge on any atom is -0.380 e. The van der Waals surface area contributed by atoms with Gasteiger partial charge in [0, 0.05) is 6.54 Å². The molecular formula is C15H25NO. The molecule has 0 aliphatic carbocycles. The highest BCUT2D eigenvalue weighted by molar-refractivity contribution is 5.14. The van der Waals surface area contributed by atoms with Crippen LogP contribution in [0.4, 0.5) is 0 Å². The molecular weight excluding hydrogens is 210 g/mol. The van der Waals surface area contributed by atoms with Gasteiger partial charge in [-0.1, -0.05) is 50.1 Å². The van der Waals surface area contributed by atoms with E-state index in [1.54, 1.807) is 0 Å². The first-order valence-corrected chi connectivity index (χ1v) is 6.76. The van der Waals surface area contributed by atoms with Crippen LogP contribution in [-0.4, -0.2) is 26.3 Å². The average molecular weight is 235 g/mol. The van der Waals surface area contributed by atoms with Crippen molar-refractivity contribution in [3.63, 3.8) is 0 Å². The predicted molar refractivity (Wildman–Crippen MR) is 73.4 cm³/mol.